The van der Waals surface area contributed by atoms with Gasteiger partial charge < -0.3 is 25.2 Å². The maximum atomic E-state index is 14.4. The second-order valence-electron chi connectivity index (χ2n) is 13.9. The van der Waals surface area contributed by atoms with Crippen molar-refractivity contribution in [2.75, 3.05) is 20.6 Å². The lowest BCUT2D eigenvalue weighted by Crippen LogP contribution is -2.58. The normalized spacial score (nSPS) is 29.3. The number of amides is 4. The van der Waals surface area contributed by atoms with Gasteiger partial charge in [0, 0.05) is 38.5 Å². The van der Waals surface area contributed by atoms with E-state index in [9.17, 15) is 32.0 Å². The standard InChI is InChI=1S/C33H43FN6O7S2/c1-38(2)31(48)35-26-12-7-5-3-4-6-10-21-16-33(21,30(43)37-49(45,46)23-13-14-23)36-28(41)27-15-22(18-40(27)29(26)42)47-32(44)39-17-20-9-8-11-25(34)24(20)19-39/h6,8-11,21-23,26-27H,3-5,7,12-19H2,1-2H3,(H,35,48)(H,36,41)(H,37,43)/b10-6-/t21-,22+,26-,27-,33+/m0/s1. The Hall–Kier alpha value is -3.79. The maximum absolute atomic E-state index is 14.4. The molecule has 1 aromatic rings. The number of sulfonamides is 1. The minimum absolute atomic E-state index is 0.0321. The number of ether oxygens (including phenoxy) is 1. The summed E-state index contributed by atoms with van der Waals surface area (Å²) >= 11 is 5.47. The SMILES string of the molecule is CN(C)C(=S)N[C@H]1CCCCC/C=C\[C@H]2C[C@@]2(C(=O)NS(=O)(=O)C2CC2)NC(=O)[C@@H]2C[C@@H](OC(=O)N3Cc4cccc(F)c4C3)CN2C1=O. The number of allylic oxidation sites excluding steroid dienone is 1. The second-order valence-corrected chi connectivity index (χ2v) is 16.2. The summed E-state index contributed by atoms with van der Waals surface area (Å²) < 4.78 is 47.8. The van der Waals surface area contributed by atoms with Crippen LogP contribution in [0.3, 0.4) is 0 Å². The monoisotopic (exact) mass is 718 g/mol. The van der Waals surface area contributed by atoms with E-state index in [-0.39, 0.29) is 32.5 Å². The van der Waals surface area contributed by atoms with Gasteiger partial charge in [0.1, 0.15) is 29.5 Å². The first kappa shape index (κ1) is 35.1. The number of nitrogens with one attached hydrogen (secondary N) is 3. The van der Waals surface area contributed by atoms with E-state index in [1.54, 1.807) is 31.1 Å². The molecule has 6 rings (SSSR count). The molecule has 3 aliphatic heterocycles. The lowest BCUT2D eigenvalue weighted by atomic mass is 10.0. The Labute approximate surface area is 291 Å². The van der Waals surface area contributed by atoms with Gasteiger partial charge >= 0.3 is 6.09 Å². The van der Waals surface area contributed by atoms with Crippen LogP contribution in [0.1, 0.15) is 68.9 Å². The highest BCUT2D eigenvalue weighted by Gasteiger charge is 2.62. The van der Waals surface area contributed by atoms with Crippen molar-refractivity contribution >= 4 is 51.2 Å². The van der Waals surface area contributed by atoms with Crippen LogP contribution in [0.25, 0.3) is 0 Å². The van der Waals surface area contributed by atoms with Crippen molar-refractivity contribution in [3.05, 3.63) is 47.3 Å². The maximum Gasteiger partial charge on any atom is 0.410 e. The molecule has 3 heterocycles. The van der Waals surface area contributed by atoms with Gasteiger partial charge in [0.2, 0.25) is 21.8 Å². The average molecular weight is 719 g/mol. The van der Waals surface area contributed by atoms with E-state index in [4.69, 9.17) is 17.0 Å². The van der Waals surface area contributed by atoms with Gasteiger partial charge in [-0.25, -0.2) is 17.6 Å². The van der Waals surface area contributed by atoms with Crippen LogP contribution in [0.2, 0.25) is 0 Å². The number of carbonyl (C=O) groups excluding carboxylic acids is 4. The minimum Gasteiger partial charge on any atom is -0.444 e. The van der Waals surface area contributed by atoms with Gasteiger partial charge in [-0.2, -0.15) is 0 Å². The summed E-state index contributed by atoms with van der Waals surface area (Å²) in [6.45, 7) is 0.100. The number of nitrogens with zero attached hydrogens (tertiary/aromatic N) is 3. The van der Waals surface area contributed by atoms with Gasteiger partial charge in [0.15, 0.2) is 5.11 Å². The fourth-order valence-electron chi connectivity index (χ4n) is 6.85. The Morgan fingerprint density at radius 3 is 2.61 bits per heavy atom. The molecular weight excluding hydrogens is 676 g/mol. The van der Waals surface area contributed by atoms with Crippen molar-refractivity contribution in [3.8, 4) is 0 Å². The number of carbonyl (C=O) groups is 4. The van der Waals surface area contributed by atoms with Gasteiger partial charge in [-0.15, -0.1) is 0 Å². The molecule has 3 fully saturated rings. The third-order valence-electron chi connectivity index (χ3n) is 10.00. The lowest BCUT2D eigenvalue weighted by Gasteiger charge is -2.31. The summed E-state index contributed by atoms with van der Waals surface area (Å²) in [5, 5.41) is 5.66. The third-order valence-corrected chi connectivity index (χ3v) is 12.3. The topological polar surface area (TPSA) is 157 Å². The number of hydrogen-bond acceptors (Lipinski definition) is 8. The summed E-state index contributed by atoms with van der Waals surface area (Å²) in [6, 6.07) is 2.76. The molecule has 5 aliphatic rings. The second kappa shape index (κ2) is 13.8. The first-order valence-electron chi connectivity index (χ1n) is 16.8. The first-order valence-corrected chi connectivity index (χ1v) is 18.8. The first-order chi connectivity index (χ1) is 23.3. The van der Waals surface area contributed by atoms with Crippen LogP contribution in [0, 0.1) is 11.7 Å². The van der Waals surface area contributed by atoms with Gasteiger partial charge in [-0.05, 0) is 62.4 Å². The molecule has 0 unspecified atom stereocenters. The molecule has 13 nitrogen and oxygen atoms in total. The molecule has 3 N–H and O–H groups in total. The zero-order chi connectivity index (χ0) is 35.1. The van der Waals surface area contributed by atoms with Crippen LogP contribution in [-0.4, -0.2) is 102 Å². The number of fused-ring (bicyclic) bond motifs is 3. The van der Waals surface area contributed by atoms with Crippen LogP contribution in [0.5, 0.6) is 0 Å². The van der Waals surface area contributed by atoms with Gasteiger partial charge in [0.25, 0.3) is 5.91 Å². The van der Waals surface area contributed by atoms with E-state index in [1.165, 1.54) is 15.9 Å². The van der Waals surface area contributed by atoms with Crippen molar-refractivity contribution in [1.82, 2.24) is 30.1 Å². The summed E-state index contributed by atoms with van der Waals surface area (Å²) in [6.07, 6.45) is 6.82. The van der Waals surface area contributed by atoms with Crippen LogP contribution in [0.4, 0.5) is 9.18 Å². The van der Waals surface area contributed by atoms with Crippen molar-refractivity contribution in [1.29, 1.82) is 0 Å². The van der Waals surface area contributed by atoms with E-state index >= 15 is 0 Å². The predicted octanol–water partition coefficient (Wildman–Crippen LogP) is 2.06. The number of benzene rings is 1. The number of halogens is 1. The molecule has 4 amide bonds. The van der Waals surface area contributed by atoms with Gasteiger partial charge in [-0.3, -0.25) is 24.0 Å². The average Bonchev–Trinajstić information content (AvgIpc) is 3.93. The highest BCUT2D eigenvalue weighted by Crippen LogP contribution is 2.46. The molecule has 0 bridgehead atoms. The highest BCUT2D eigenvalue weighted by atomic mass is 32.2. The third kappa shape index (κ3) is 7.54. The molecule has 1 saturated heterocycles. The summed E-state index contributed by atoms with van der Waals surface area (Å²) in [5.41, 5.74) is -0.412. The summed E-state index contributed by atoms with van der Waals surface area (Å²) in [5.74, 6) is -2.71. The smallest absolute Gasteiger partial charge is 0.410 e. The van der Waals surface area contributed by atoms with Crippen molar-refractivity contribution < 1.29 is 36.7 Å². The summed E-state index contributed by atoms with van der Waals surface area (Å²) in [4.78, 5) is 59.7. The number of hydrogen-bond donors (Lipinski definition) is 3. The molecule has 0 aromatic heterocycles. The Kier molecular flexibility index (Phi) is 9.90. The van der Waals surface area contributed by atoms with Crippen LogP contribution < -0.4 is 15.4 Å². The van der Waals surface area contributed by atoms with Gasteiger partial charge in [0.05, 0.1) is 18.3 Å². The largest absolute Gasteiger partial charge is 0.444 e. The molecule has 16 heteroatoms. The van der Waals surface area contributed by atoms with Crippen molar-refractivity contribution in [2.45, 2.75) is 99.9 Å². The Morgan fingerprint density at radius 2 is 1.90 bits per heavy atom. The van der Waals surface area contributed by atoms with E-state index in [0.717, 1.165) is 19.3 Å². The summed E-state index contributed by atoms with van der Waals surface area (Å²) in [7, 11) is -0.380. The van der Waals surface area contributed by atoms with Crippen LogP contribution in [-0.2, 0) is 42.2 Å². The molecular formula is C33H43FN6O7S2. The Bertz CT molecular complexity index is 1670. The van der Waals surface area contributed by atoms with E-state index in [2.05, 4.69) is 15.4 Å². The molecule has 49 heavy (non-hydrogen) atoms. The zero-order valence-corrected chi connectivity index (χ0v) is 29.3. The Balaban J connectivity index is 1.25. The molecule has 5 atom stereocenters. The van der Waals surface area contributed by atoms with Crippen molar-refractivity contribution in [2.24, 2.45) is 5.92 Å². The predicted molar refractivity (Wildman–Crippen MR) is 181 cm³/mol. The molecule has 0 spiro atoms. The quantitative estimate of drug-likeness (QED) is 0.304. The van der Waals surface area contributed by atoms with Crippen LogP contribution in [0.15, 0.2) is 30.4 Å². The van der Waals surface area contributed by atoms with Crippen molar-refractivity contribution in [3.63, 3.8) is 0 Å². The fraction of sp³-hybridized carbons (Fsp3) is 0.606. The Morgan fingerprint density at radius 1 is 1.12 bits per heavy atom. The van der Waals surface area contributed by atoms with E-state index in [0.29, 0.717) is 41.9 Å². The number of rotatable bonds is 5. The van der Waals surface area contributed by atoms with E-state index < -0.39 is 74.5 Å². The minimum atomic E-state index is -3.89. The lowest BCUT2D eigenvalue weighted by molar-refractivity contribution is -0.141. The molecule has 2 aliphatic carbocycles. The zero-order valence-electron chi connectivity index (χ0n) is 27.7. The molecule has 2 saturated carbocycles. The number of thiocarbonyl (C=S) groups is 1. The van der Waals surface area contributed by atoms with E-state index in [1.807, 2.05) is 12.2 Å². The van der Waals surface area contributed by atoms with Gasteiger partial charge in [-0.1, -0.05) is 37.1 Å². The molecule has 1 aromatic carbocycles. The fourth-order valence-corrected chi connectivity index (χ4v) is 8.36. The molecule has 266 valence electrons. The van der Waals surface area contributed by atoms with Crippen LogP contribution >= 0.6 is 12.2 Å². The highest BCUT2D eigenvalue weighted by molar-refractivity contribution is 7.91. The molecule has 0 radical (unpaired) electrons.